The Morgan fingerprint density at radius 1 is 1.03 bits per heavy atom. The minimum Gasteiger partial charge on any atom is -0.462 e. The molecule has 0 bridgehead atoms. The highest BCUT2D eigenvalue weighted by molar-refractivity contribution is 7.89. The number of benzene rings is 2. The SMILES string of the molecule is CCOC(=O)c1ccc(-c2ccc(/C=N\NC(=O)[C@H](CC(C)C)NS(=O)(=O)c3ccc(C)cc3)o2)cc1. The first-order chi connectivity index (χ1) is 17.6. The molecule has 0 spiro atoms. The summed E-state index contributed by atoms with van der Waals surface area (Å²) in [6.07, 6.45) is 1.62. The van der Waals surface area contributed by atoms with E-state index in [4.69, 9.17) is 9.15 Å². The molecule has 1 amide bonds. The Bertz CT molecular complexity index is 1340. The number of carbonyl (C=O) groups excluding carboxylic acids is 2. The fourth-order valence-electron chi connectivity index (χ4n) is 3.45. The predicted molar refractivity (Wildman–Crippen MR) is 141 cm³/mol. The Labute approximate surface area is 217 Å². The van der Waals surface area contributed by atoms with E-state index in [1.165, 1.54) is 18.3 Å². The van der Waals surface area contributed by atoms with Gasteiger partial charge in [0.05, 0.1) is 23.3 Å². The number of hydrogen-bond donors (Lipinski definition) is 2. The monoisotopic (exact) mass is 525 g/mol. The van der Waals surface area contributed by atoms with E-state index >= 15 is 0 Å². The van der Waals surface area contributed by atoms with Crippen molar-refractivity contribution in [1.82, 2.24) is 10.1 Å². The molecule has 2 N–H and O–H groups in total. The molecule has 2 aromatic carbocycles. The summed E-state index contributed by atoms with van der Waals surface area (Å²) >= 11 is 0. The molecule has 1 heterocycles. The molecular weight excluding hydrogens is 494 g/mol. The van der Waals surface area contributed by atoms with Gasteiger partial charge in [0.15, 0.2) is 0 Å². The second-order valence-electron chi connectivity index (χ2n) is 8.85. The molecule has 9 nitrogen and oxygen atoms in total. The number of nitrogens with zero attached hydrogens (tertiary/aromatic N) is 1. The Hall–Kier alpha value is -3.76. The summed E-state index contributed by atoms with van der Waals surface area (Å²) in [6, 6.07) is 15.6. The van der Waals surface area contributed by atoms with Crippen LogP contribution in [-0.2, 0) is 19.6 Å². The number of nitrogens with one attached hydrogen (secondary N) is 2. The van der Waals surface area contributed by atoms with Gasteiger partial charge in [-0.3, -0.25) is 4.79 Å². The van der Waals surface area contributed by atoms with Gasteiger partial charge >= 0.3 is 5.97 Å². The van der Waals surface area contributed by atoms with Crippen molar-refractivity contribution in [2.24, 2.45) is 11.0 Å². The zero-order valence-electron chi connectivity index (χ0n) is 21.2. The maximum atomic E-state index is 12.8. The van der Waals surface area contributed by atoms with Gasteiger partial charge in [-0.05, 0) is 62.6 Å². The van der Waals surface area contributed by atoms with Gasteiger partial charge in [0.2, 0.25) is 10.0 Å². The lowest BCUT2D eigenvalue weighted by atomic mass is 10.0. The molecule has 0 aliphatic rings. The van der Waals surface area contributed by atoms with Crippen molar-refractivity contribution < 1.29 is 27.2 Å². The van der Waals surface area contributed by atoms with Gasteiger partial charge < -0.3 is 9.15 Å². The number of carbonyl (C=O) groups is 2. The number of sulfonamides is 1. The fourth-order valence-corrected chi connectivity index (χ4v) is 4.66. The molecule has 196 valence electrons. The van der Waals surface area contributed by atoms with Crippen molar-refractivity contribution in [3.05, 3.63) is 77.6 Å². The van der Waals surface area contributed by atoms with Crippen LogP contribution in [0.15, 0.2) is 75.1 Å². The predicted octanol–water partition coefficient (Wildman–Crippen LogP) is 4.28. The van der Waals surface area contributed by atoms with E-state index in [9.17, 15) is 18.0 Å². The molecular formula is C27H31N3O6S. The Kier molecular flexibility index (Phi) is 9.37. The zero-order valence-corrected chi connectivity index (χ0v) is 22.0. The van der Waals surface area contributed by atoms with Crippen LogP contribution in [0.1, 0.15) is 48.9 Å². The largest absolute Gasteiger partial charge is 0.462 e. The molecule has 0 saturated heterocycles. The third kappa shape index (κ3) is 7.86. The van der Waals surface area contributed by atoms with E-state index in [1.54, 1.807) is 55.5 Å². The Morgan fingerprint density at radius 2 is 1.70 bits per heavy atom. The summed E-state index contributed by atoms with van der Waals surface area (Å²) in [5.41, 5.74) is 4.51. The third-order valence-corrected chi connectivity index (χ3v) is 6.81. The molecule has 0 radical (unpaired) electrons. The highest BCUT2D eigenvalue weighted by Gasteiger charge is 2.26. The van der Waals surface area contributed by atoms with Gasteiger partial charge in [-0.1, -0.05) is 43.7 Å². The van der Waals surface area contributed by atoms with Crippen LogP contribution in [0, 0.1) is 12.8 Å². The molecule has 1 atom stereocenters. The van der Waals surface area contributed by atoms with Crippen molar-refractivity contribution >= 4 is 28.1 Å². The molecule has 0 fully saturated rings. The number of aryl methyl sites for hydroxylation is 1. The third-order valence-electron chi connectivity index (χ3n) is 5.33. The van der Waals surface area contributed by atoms with Gasteiger partial charge in [-0.25, -0.2) is 18.6 Å². The van der Waals surface area contributed by atoms with E-state index in [-0.39, 0.29) is 10.8 Å². The number of rotatable bonds is 11. The number of esters is 1. The number of furan rings is 1. The quantitative estimate of drug-likeness (QED) is 0.219. The van der Waals surface area contributed by atoms with Crippen molar-refractivity contribution in [2.75, 3.05) is 6.61 Å². The van der Waals surface area contributed by atoms with Crippen LogP contribution in [0.2, 0.25) is 0 Å². The number of hydrogen-bond acceptors (Lipinski definition) is 7. The second-order valence-corrected chi connectivity index (χ2v) is 10.6. The minimum atomic E-state index is -3.89. The second kappa shape index (κ2) is 12.5. The first-order valence-electron chi connectivity index (χ1n) is 11.9. The highest BCUT2D eigenvalue weighted by Crippen LogP contribution is 2.22. The van der Waals surface area contributed by atoms with Gasteiger partial charge in [-0.15, -0.1) is 0 Å². The molecule has 1 aromatic heterocycles. The fraction of sp³-hybridized carbons (Fsp3) is 0.296. The average molecular weight is 526 g/mol. The topological polar surface area (TPSA) is 127 Å². The lowest BCUT2D eigenvalue weighted by Gasteiger charge is -2.19. The number of ether oxygens (including phenoxy) is 1. The van der Waals surface area contributed by atoms with E-state index in [0.717, 1.165) is 11.1 Å². The van der Waals surface area contributed by atoms with Crippen LogP contribution in [0.25, 0.3) is 11.3 Å². The molecule has 37 heavy (non-hydrogen) atoms. The summed E-state index contributed by atoms with van der Waals surface area (Å²) in [5.74, 6) is 0.0106. The van der Waals surface area contributed by atoms with Crippen LogP contribution in [0.4, 0.5) is 0 Å². The van der Waals surface area contributed by atoms with Gasteiger partial charge in [0.25, 0.3) is 5.91 Å². The number of amides is 1. The molecule has 0 unspecified atom stereocenters. The van der Waals surface area contributed by atoms with Gasteiger partial charge in [0.1, 0.15) is 17.6 Å². The van der Waals surface area contributed by atoms with Crippen molar-refractivity contribution in [3.63, 3.8) is 0 Å². The smallest absolute Gasteiger partial charge is 0.338 e. The standard InChI is InChI=1S/C27H31N3O6S/c1-5-35-27(32)21-10-8-20(9-11-21)25-15-12-22(36-25)17-28-29-26(31)24(16-18(2)3)30-37(33,34)23-13-6-19(4)7-14-23/h6-15,17-18,24,30H,5,16H2,1-4H3,(H,29,31)/b28-17-/t24-/m0/s1. The van der Waals surface area contributed by atoms with Gasteiger partial charge in [-0.2, -0.15) is 9.82 Å². The Balaban J connectivity index is 1.65. The normalized spacial score (nSPS) is 12.6. The van der Waals surface area contributed by atoms with Crippen LogP contribution >= 0.6 is 0 Å². The average Bonchev–Trinajstić information content (AvgIpc) is 3.32. The molecule has 0 aliphatic carbocycles. The Morgan fingerprint density at radius 3 is 2.32 bits per heavy atom. The van der Waals surface area contributed by atoms with Gasteiger partial charge in [0, 0.05) is 5.56 Å². The van der Waals surface area contributed by atoms with Crippen LogP contribution in [-0.4, -0.2) is 39.2 Å². The molecule has 10 heteroatoms. The highest BCUT2D eigenvalue weighted by atomic mass is 32.2. The van der Waals surface area contributed by atoms with Crippen LogP contribution in [0.5, 0.6) is 0 Å². The van der Waals surface area contributed by atoms with Crippen molar-refractivity contribution in [2.45, 2.75) is 45.1 Å². The van der Waals surface area contributed by atoms with Crippen molar-refractivity contribution in [3.8, 4) is 11.3 Å². The lowest BCUT2D eigenvalue weighted by molar-refractivity contribution is -0.123. The summed E-state index contributed by atoms with van der Waals surface area (Å²) in [6.45, 7) is 7.70. The van der Waals surface area contributed by atoms with Crippen LogP contribution in [0.3, 0.4) is 0 Å². The molecule has 0 aliphatic heterocycles. The maximum absolute atomic E-state index is 12.8. The molecule has 3 rings (SSSR count). The van der Waals surface area contributed by atoms with E-state index in [0.29, 0.717) is 30.1 Å². The lowest BCUT2D eigenvalue weighted by Crippen LogP contribution is -2.46. The molecule has 0 saturated carbocycles. The first kappa shape index (κ1) is 27.8. The summed E-state index contributed by atoms with van der Waals surface area (Å²) in [5, 5.41) is 3.93. The summed E-state index contributed by atoms with van der Waals surface area (Å²) in [7, 11) is -3.89. The summed E-state index contributed by atoms with van der Waals surface area (Å²) in [4.78, 5) is 24.7. The van der Waals surface area contributed by atoms with Crippen molar-refractivity contribution in [1.29, 1.82) is 0 Å². The first-order valence-corrected chi connectivity index (χ1v) is 13.4. The number of hydrazone groups is 1. The summed E-state index contributed by atoms with van der Waals surface area (Å²) < 4.78 is 38.8. The van der Waals surface area contributed by atoms with E-state index < -0.39 is 27.9 Å². The van der Waals surface area contributed by atoms with E-state index in [1.807, 2.05) is 20.8 Å². The maximum Gasteiger partial charge on any atom is 0.338 e. The zero-order chi connectivity index (χ0) is 27.0. The molecule has 3 aromatic rings. The minimum absolute atomic E-state index is 0.0586. The van der Waals surface area contributed by atoms with Crippen LogP contribution < -0.4 is 10.1 Å². The van der Waals surface area contributed by atoms with E-state index in [2.05, 4.69) is 15.2 Å².